The molecule has 0 saturated carbocycles. The average Bonchev–Trinajstić information content (AvgIpc) is 2.64. The van der Waals surface area contributed by atoms with Gasteiger partial charge in [0, 0.05) is 6.42 Å². The van der Waals surface area contributed by atoms with Crippen LogP contribution in [0.25, 0.3) is 0 Å². The number of nitrogens with one attached hydrogen (secondary N) is 1. The number of thiocarbonyl (C=S) groups is 1. The number of ether oxygens (including phenoxy) is 3. The number of hydrogen-bond acceptors (Lipinski definition) is 5. The second kappa shape index (κ2) is 10.4. The molecule has 6 nitrogen and oxygen atoms in total. The van der Waals surface area contributed by atoms with E-state index >= 15 is 0 Å². The van der Waals surface area contributed by atoms with E-state index in [0.29, 0.717) is 24.7 Å². The van der Waals surface area contributed by atoms with Crippen molar-refractivity contribution in [2.45, 2.75) is 20.3 Å². The second-order valence-corrected chi connectivity index (χ2v) is 6.38. The van der Waals surface area contributed by atoms with Crippen LogP contribution in [0.2, 0.25) is 0 Å². The molecule has 2 rings (SSSR count). The molecular weight excluding hydrogens is 362 g/mol. The van der Waals surface area contributed by atoms with Gasteiger partial charge in [0.1, 0.15) is 5.75 Å². The Hall–Kier alpha value is -2.80. The van der Waals surface area contributed by atoms with Gasteiger partial charge in [0.15, 0.2) is 16.6 Å². The van der Waals surface area contributed by atoms with Gasteiger partial charge in [0.25, 0.3) is 0 Å². The van der Waals surface area contributed by atoms with Crippen LogP contribution in [0.4, 0.5) is 0 Å². The zero-order valence-corrected chi connectivity index (χ0v) is 16.6. The molecule has 2 aromatic rings. The topological polar surface area (TPSA) is 78.1 Å². The second-order valence-electron chi connectivity index (χ2n) is 5.94. The van der Waals surface area contributed by atoms with Crippen LogP contribution in [0.1, 0.15) is 23.1 Å². The molecule has 0 fully saturated rings. The lowest BCUT2D eigenvalue weighted by molar-refractivity contribution is 0.240. The first-order valence-corrected chi connectivity index (χ1v) is 9.00. The van der Waals surface area contributed by atoms with E-state index in [-0.39, 0.29) is 5.11 Å². The third-order valence-corrected chi connectivity index (χ3v) is 3.96. The van der Waals surface area contributed by atoms with Gasteiger partial charge < -0.3 is 19.9 Å². The first kappa shape index (κ1) is 20.5. The van der Waals surface area contributed by atoms with Crippen LogP contribution in [-0.2, 0) is 0 Å². The van der Waals surface area contributed by atoms with Gasteiger partial charge in [-0.25, -0.2) is 0 Å². The molecule has 0 bridgehead atoms. The number of nitrogens with zero attached hydrogens (tertiary/aromatic N) is 1. The summed E-state index contributed by atoms with van der Waals surface area (Å²) in [5, 5.41) is 4.03. The lowest BCUT2D eigenvalue weighted by atomic mass is 10.1. The van der Waals surface area contributed by atoms with Crippen LogP contribution in [0.3, 0.4) is 0 Å². The molecule has 0 unspecified atom stereocenters. The Morgan fingerprint density at radius 1 is 1.07 bits per heavy atom. The molecule has 0 radical (unpaired) electrons. The highest BCUT2D eigenvalue weighted by Crippen LogP contribution is 2.27. The third-order valence-electron chi connectivity index (χ3n) is 3.87. The van der Waals surface area contributed by atoms with E-state index in [9.17, 15) is 0 Å². The summed E-state index contributed by atoms with van der Waals surface area (Å²) in [6.45, 7) is 5.27. The number of benzene rings is 2. The third kappa shape index (κ3) is 6.79. The van der Waals surface area contributed by atoms with Crippen molar-refractivity contribution in [3.63, 3.8) is 0 Å². The van der Waals surface area contributed by atoms with Gasteiger partial charge in [-0.05, 0) is 73.1 Å². The molecule has 0 aliphatic carbocycles. The zero-order valence-electron chi connectivity index (χ0n) is 15.8. The Kier molecular flexibility index (Phi) is 7.88. The summed E-state index contributed by atoms with van der Waals surface area (Å²) >= 11 is 4.69. The van der Waals surface area contributed by atoms with Crippen molar-refractivity contribution >= 4 is 23.5 Å². The van der Waals surface area contributed by atoms with Crippen molar-refractivity contribution in [1.29, 1.82) is 0 Å². The summed E-state index contributed by atoms with van der Waals surface area (Å²) in [6.07, 6.45) is 2.36. The number of nitrogens with two attached hydrogens (primary N) is 1. The van der Waals surface area contributed by atoms with E-state index in [1.807, 2.05) is 30.3 Å². The van der Waals surface area contributed by atoms with Gasteiger partial charge in [-0.3, -0.25) is 5.43 Å². The molecule has 0 heterocycles. The van der Waals surface area contributed by atoms with Gasteiger partial charge in [-0.15, -0.1) is 0 Å². The van der Waals surface area contributed by atoms with E-state index in [2.05, 4.69) is 30.4 Å². The Morgan fingerprint density at radius 2 is 1.85 bits per heavy atom. The van der Waals surface area contributed by atoms with Gasteiger partial charge in [-0.1, -0.05) is 6.07 Å². The SMILES string of the molecule is COc1cc(C=NNC(N)=S)ccc1OCCCOc1ccc(C)c(C)c1. The number of hydrogen-bond donors (Lipinski definition) is 2. The van der Waals surface area contributed by atoms with E-state index in [4.69, 9.17) is 32.2 Å². The first-order valence-electron chi connectivity index (χ1n) is 8.59. The van der Waals surface area contributed by atoms with Crippen LogP contribution in [0.15, 0.2) is 41.5 Å². The highest BCUT2D eigenvalue weighted by molar-refractivity contribution is 7.80. The summed E-state index contributed by atoms with van der Waals surface area (Å²) in [5.74, 6) is 2.18. The summed E-state index contributed by atoms with van der Waals surface area (Å²) in [4.78, 5) is 0. The molecule has 3 N–H and O–H groups in total. The molecule has 27 heavy (non-hydrogen) atoms. The van der Waals surface area contributed by atoms with Crippen LogP contribution in [0.5, 0.6) is 17.2 Å². The fraction of sp³-hybridized carbons (Fsp3) is 0.300. The summed E-state index contributed by atoms with van der Waals surface area (Å²) in [5.41, 5.74) is 11.1. The largest absolute Gasteiger partial charge is 0.493 e. The highest BCUT2D eigenvalue weighted by Gasteiger charge is 2.05. The maximum atomic E-state index is 5.80. The maximum absolute atomic E-state index is 5.80. The maximum Gasteiger partial charge on any atom is 0.184 e. The van der Waals surface area contributed by atoms with Crippen LogP contribution >= 0.6 is 12.2 Å². The van der Waals surface area contributed by atoms with Gasteiger partial charge in [0.2, 0.25) is 0 Å². The molecule has 144 valence electrons. The first-order chi connectivity index (χ1) is 13.0. The molecule has 0 saturated heterocycles. The molecule has 0 aliphatic heterocycles. The molecule has 0 atom stereocenters. The van der Waals surface area contributed by atoms with Gasteiger partial charge in [0.05, 0.1) is 26.5 Å². The smallest absolute Gasteiger partial charge is 0.184 e. The Morgan fingerprint density at radius 3 is 2.56 bits per heavy atom. The van der Waals surface area contributed by atoms with E-state index < -0.39 is 0 Å². The van der Waals surface area contributed by atoms with Crippen LogP contribution < -0.4 is 25.4 Å². The summed E-state index contributed by atoms with van der Waals surface area (Å²) in [6, 6.07) is 11.6. The minimum Gasteiger partial charge on any atom is -0.493 e. The molecule has 0 aromatic heterocycles. The highest BCUT2D eigenvalue weighted by atomic mass is 32.1. The van der Waals surface area contributed by atoms with Crippen LogP contribution in [-0.4, -0.2) is 31.7 Å². The van der Waals surface area contributed by atoms with Crippen molar-refractivity contribution < 1.29 is 14.2 Å². The summed E-state index contributed by atoms with van der Waals surface area (Å²) < 4.78 is 16.9. The lowest BCUT2D eigenvalue weighted by Gasteiger charge is -2.12. The Balaban J connectivity index is 1.81. The van der Waals surface area contributed by atoms with E-state index in [1.54, 1.807) is 13.3 Å². The van der Waals surface area contributed by atoms with E-state index in [1.165, 1.54) is 11.1 Å². The normalized spacial score (nSPS) is 10.6. The van der Waals surface area contributed by atoms with Crippen molar-refractivity contribution in [2.75, 3.05) is 20.3 Å². The number of rotatable bonds is 9. The molecule has 2 aromatic carbocycles. The van der Waals surface area contributed by atoms with Crippen molar-refractivity contribution in [3.8, 4) is 17.2 Å². The predicted octanol–water partition coefficient (Wildman–Crippen LogP) is 3.33. The summed E-state index contributed by atoms with van der Waals surface area (Å²) in [7, 11) is 1.60. The lowest BCUT2D eigenvalue weighted by Crippen LogP contribution is -2.23. The minimum absolute atomic E-state index is 0.112. The van der Waals surface area contributed by atoms with Crippen molar-refractivity contribution in [1.82, 2.24) is 5.43 Å². The standard InChI is InChI=1S/C20H25N3O3S/c1-14-5-7-17(11-15(14)2)25-9-4-10-26-18-8-6-16(12-19(18)24-3)13-22-23-20(21)27/h5-8,11-13H,4,9-10H2,1-3H3,(H3,21,23,27). The quantitative estimate of drug-likeness (QED) is 0.297. The predicted molar refractivity (Wildman–Crippen MR) is 112 cm³/mol. The van der Waals surface area contributed by atoms with Crippen LogP contribution in [0, 0.1) is 13.8 Å². The monoisotopic (exact) mass is 387 g/mol. The van der Waals surface area contributed by atoms with E-state index in [0.717, 1.165) is 17.7 Å². The number of aryl methyl sites for hydroxylation is 2. The average molecular weight is 388 g/mol. The fourth-order valence-corrected chi connectivity index (χ4v) is 2.34. The molecule has 0 spiro atoms. The van der Waals surface area contributed by atoms with Crippen molar-refractivity contribution in [3.05, 3.63) is 53.1 Å². The molecule has 0 amide bonds. The molecular formula is C20H25N3O3S. The van der Waals surface area contributed by atoms with Gasteiger partial charge >= 0.3 is 0 Å². The number of methoxy groups -OCH3 is 1. The molecule has 0 aliphatic rings. The minimum atomic E-state index is 0.112. The molecule has 7 heteroatoms. The number of hydrazone groups is 1. The van der Waals surface area contributed by atoms with Crippen molar-refractivity contribution in [2.24, 2.45) is 10.8 Å². The fourth-order valence-electron chi connectivity index (χ4n) is 2.29. The zero-order chi connectivity index (χ0) is 19.6. The Bertz CT molecular complexity index is 809. The Labute approximate surface area is 165 Å². The van der Waals surface area contributed by atoms with Gasteiger partial charge in [-0.2, -0.15) is 5.10 Å².